The number of unbranched alkanes of at least 4 members (excludes halogenated alkanes) is 24. The number of carbonyl (C=O) groups excluding carboxylic acids is 1. The van der Waals surface area contributed by atoms with Gasteiger partial charge in [-0.3, -0.25) is 4.79 Å². The zero-order valence-corrected chi connectivity index (χ0v) is 34.4. The number of carbonyl (C=O) groups is 1. The van der Waals surface area contributed by atoms with Crippen LogP contribution in [0.15, 0.2) is 48.6 Å². The SMILES string of the molecule is CCCCCC/C=C/CC/C=C/CCCC(O)C(O)C(CO)NC(=O)CCCCCCCCCCC/C=C\C/C=C\CCCCCCCCCCC. The second kappa shape index (κ2) is 42.1. The monoisotopic (exact) mass is 730 g/mol. The molecule has 3 atom stereocenters. The molecule has 0 radical (unpaired) electrons. The van der Waals surface area contributed by atoms with Crippen LogP contribution in [0.3, 0.4) is 0 Å². The molecular weight excluding hydrogens is 643 g/mol. The molecule has 0 fully saturated rings. The Balaban J connectivity index is 3.66. The third-order valence-electron chi connectivity index (χ3n) is 10.1. The Morgan fingerprint density at radius 3 is 1.31 bits per heavy atom. The molecule has 0 aliphatic rings. The molecule has 0 bridgehead atoms. The minimum Gasteiger partial charge on any atom is -0.394 e. The second-order valence-corrected chi connectivity index (χ2v) is 15.2. The van der Waals surface area contributed by atoms with E-state index in [1.807, 2.05) is 0 Å². The van der Waals surface area contributed by atoms with Crippen LogP contribution in [0.25, 0.3) is 0 Å². The summed E-state index contributed by atoms with van der Waals surface area (Å²) >= 11 is 0. The predicted molar refractivity (Wildman–Crippen MR) is 227 cm³/mol. The van der Waals surface area contributed by atoms with Gasteiger partial charge in [0.2, 0.25) is 5.91 Å². The Labute approximate surface area is 323 Å². The van der Waals surface area contributed by atoms with Crippen LogP contribution in [0.4, 0.5) is 0 Å². The van der Waals surface area contributed by atoms with Crippen molar-refractivity contribution in [1.82, 2.24) is 5.32 Å². The molecule has 0 heterocycles. The number of rotatable bonds is 40. The number of hydrogen-bond acceptors (Lipinski definition) is 4. The first-order valence-corrected chi connectivity index (χ1v) is 22.4. The molecule has 5 nitrogen and oxygen atoms in total. The van der Waals surface area contributed by atoms with Gasteiger partial charge in [-0.25, -0.2) is 0 Å². The Morgan fingerprint density at radius 2 is 0.846 bits per heavy atom. The van der Waals surface area contributed by atoms with Crippen molar-refractivity contribution in [2.75, 3.05) is 6.61 Å². The fraction of sp³-hybridized carbons (Fsp3) is 0.809. The van der Waals surface area contributed by atoms with E-state index in [1.165, 1.54) is 141 Å². The molecule has 0 saturated heterocycles. The van der Waals surface area contributed by atoms with E-state index in [9.17, 15) is 20.1 Å². The standard InChI is InChI=1S/C47H87NO4/c1-3-5-7-9-11-13-15-17-18-19-20-21-22-23-24-25-26-27-28-30-32-34-36-38-40-42-46(51)48-44(43-49)47(52)45(50)41-39-37-35-33-31-29-16-14-12-10-8-6-4-2/h14,16,20-21,23-24,33,35,44-45,47,49-50,52H,3-13,15,17-19,22,25-32,34,36-43H2,1-2H3,(H,48,51)/b16-14+,21-20-,24-23-,35-33+. The lowest BCUT2D eigenvalue weighted by atomic mass is 10.0. The van der Waals surface area contributed by atoms with Gasteiger partial charge in [-0.15, -0.1) is 0 Å². The molecule has 0 aliphatic carbocycles. The van der Waals surface area contributed by atoms with Gasteiger partial charge >= 0.3 is 0 Å². The highest BCUT2D eigenvalue weighted by Crippen LogP contribution is 2.14. The first kappa shape index (κ1) is 50.3. The Hall–Kier alpha value is -1.69. The maximum atomic E-state index is 12.4. The van der Waals surface area contributed by atoms with Crippen molar-refractivity contribution in [3.8, 4) is 0 Å². The number of allylic oxidation sites excluding steroid dienone is 8. The second-order valence-electron chi connectivity index (χ2n) is 15.2. The van der Waals surface area contributed by atoms with Crippen LogP contribution >= 0.6 is 0 Å². The van der Waals surface area contributed by atoms with Gasteiger partial charge in [0, 0.05) is 6.42 Å². The predicted octanol–water partition coefficient (Wildman–Crippen LogP) is 12.9. The molecule has 0 rings (SSSR count). The highest BCUT2D eigenvalue weighted by molar-refractivity contribution is 5.76. The molecule has 52 heavy (non-hydrogen) atoms. The van der Waals surface area contributed by atoms with Crippen molar-refractivity contribution in [1.29, 1.82) is 0 Å². The zero-order valence-electron chi connectivity index (χ0n) is 34.4. The van der Waals surface area contributed by atoms with Gasteiger partial charge in [0.1, 0.15) is 6.10 Å². The van der Waals surface area contributed by atoms with E-state index in [4.69, 9.17) is 0 Å². The van der Waals surface area contributed by atoms with Crippen molar-refractivity contribution >= 4 is 5.91 Å². The average molecular weight is 730 g/mol. The van der Waals surface area contributed by atoms with E-state index in [-0.39, 0.29) is 12.5 Å². The summed E-state index contributed by atoms with van der Waals surface area (Å²) in [7, 11) is 0. The number of aliphatic hydroxyl groups is 3. The van der Waals surface area contributed by atoms with Crippen molar-refractivity contribution in [3.05, 3.63) is 48.6 Å². The van der Waals surface area contributed by atoms with Crippen LogP contribution in [0, 0.1) is 0 Å². The molecule has 0 aromatic carbocycles. The van der Waals surface area contributed by atoms with Gasteiger partial charge in [-0.05, 0) is 83.5 Å². The highest BCUT2D eigenvalue weighted by Gasteiger charge is 2.26. The maximum Gasteiger partial charge on any atom is 0.220 e. The molecule has 1 amide bonds. The molecule has 5 heteroatoms. The van der Waals surface area contributed by atoms with E-state index in [0.29, 0.717) is 12.8 Å². The number of nitrogens with one attached hydrogen (secondary N) is 1. The molecule has 0 aliphatic heterocycles. The van der Waals surface area contributed by atoms with Crippen LogP contribution in [0.5, 0.6) is 0 Å². The minimum absolute atomic E-state index is 0.164. The smallest absolute Gasteiger partial charge is 0.220 e. The van der Waals surface area contributed by atoms with Gasteiger partial charge in [0.05, 0.1) is 18.8 Å². The molecule has 0 aromatic heterocycles. The van der Waals surface area contributed by atoms with E-state index in [2.05, 4.69) is 67.8 Å². The summed E-state index contributed by atoms with van der Waals surface area (Å²) in [6.45, 7) is 4.13. The fourth-order valence-electron chi connectivity index (χ4n) is 6.62. The minimum atomic E-state index is -1.17. The molecule has 0 aromatic rings. The lowest BCUT2D eigenvalue weighted by Crippen LogP contribution is -2.50. The van der Waals surface area contributed by atoms with Crippen molar-refractivity contribution in [3.63, 3.8) is 0 Å². The first-order chi connectivity index (χ1) is 25.6. The highest BCUT2D eigenvalue weighted by atomic mass is 16.3. The largest absolute Gasteiger partial charge is 0.394 e. The lowest BCUT2D eigenvalue weighted by Gasteiger charge is -2.26. The van der Waals surface area contributed by atoms with Gasteiger partial charge < -0.3 is 20.6 Å². The fourth-order valence-corrected chi connectivity index (χ4v) is 6.62. The van der Waals surface area contributed by atoms with E-state index in [0.717, 1.165) is 51.4 Å². The van der Waals surface area contributed by atoms with Crippen molar-refractivity contribution < 1.29 is 20.1 Å². The maximum absolute atomic E-state index is 12.4. The topological polar surface area (TPSA) is 89.8 Å². The lowest BCUT2D eigenvalue weighted by molar-refractivity contribution is -0.124. The van der Waals surface area contributed by atoms with Crippen molar-refractivity contribution in [2.45, 2.75) is 238 Å². The van der Waals surface area contributed by atoms with Gasteiger partial charge in [-0.1, -0.05) is 178 Å². The summed E-state index contributed by atoms with van der Waals surface area (Å²) < 4.78 is 0. The van der Waals surface area contributed by atoms with Crippen molar-refractivity contribution in [2.24, 2.45) is 0 Å². The summed E-state index contributed by atoms with van der Waals surface area (Å²) in [6.07, 6.45) is 53.7. The average Bonchev–Trinajstić information content (AvgIpc) is 3.15. The summed E-state index contributed by atoms with van der Waals surface area (Å²) in [5.74, 6) is -0.164. The van der Waals surface area contributed by atoms with Crippen LogP contribution < -0.4 is 5.32 Å². The Morgan fingerprint density at radius 1 is 0.481 bits per heavy atom. The summed E-state index contributed by atoms with van der Waals surface area (Å²) in [5.41, 5.74) is 0. The van der Waals surface area contributed by atoms with E-state index in [1.54, 1.807) is 0 Å². The zero-order chi connectivity index (χ0) is 38.0. The normalized spacial score (nSPS) is 14.0. The quantitative estimate of drug-likeness (QED) is 0.0373. The van der Waals surface area contributed by atoms with Gasteiger partial charge in [0.15, 0.2) is 0 Å². The third-order valence-corrected chi connectivity index (χ3v) is 10.1. The van der Waals surface area contributed by atoms with Gasteiger partial charge in [-0.2, -0.15) is 0 Å². The molecule has 4 N–H and O–H groups in total. The number of amides is 1. The summed E-state index contributed by atoms with van der Waals surface area (Å²) in [4.78, 5) is 12.4. The Bertz CT molecular complexity index is 850. The molecule has 0 saturated carbocycles. The molecular formula is C47H87NO4. The van der Waals surface area contributed by atoms with Crippen LogP contribution in [-0.2, 0) is 4.79 Å². The number of hydrogen-bond donors (Lipinski definition) is 4. The van der Waals surface area contributed by atoms with E-state index < -0.39 is 18.2 Å². The van der Waals surface area contributed by atoms with E-state index >= 15 is 0 Å². The first-order valence-electron chi connectivity index (χ1n) is 22.4. The summed E-state index contributed by atoms with van der Waals surface area (Å²) in [6, 6.07) is -0.835. The van der Waals surface area contributed by atoms with Crippen LogP contribution in [0.2, 0.25) is 0 Å². The van der Waals surface area contributed by atoms with Gasteiger partial charge in [0.25, 0.3) is 0 Å². The molecule has 304 valence electrons. The molecule has 0 spiro atoms. The Kier molecular flexibility index (Phi) is 40.7. The van der Waals surface area contributed by atoms with Crippen LogP contribution in [0.1, 0.15) is 219 Å². The summed E-state index contributed by atoms with van der Waals surface area (Å²) in [5, 5.41) is 33.4. The van der Waals surface area contributed by atoms with Crippen LogP contribution in [-0.4, -0.2) is 46.1 Å². The number of aliphatic hydroxyl groups excluding tert-OH is 3. The third kappa shape index (κ3) is 36.7. The molecule has 3 unspecified atom stereocenters.